The second-order valence-electron chi connectivity index (χ2n) is 12.0. The van der Waals surface area contributed by atoms with E-state index in [4.69, 9.17) is 4.74 Å². The van der Waals surface area contributed by atoms with Gasteiger partial charge < -0.3 is 25.3 Å². The molecule has 1 aliphatic rings. The van der Waals surface area contributed by atoms with Gasteiger partial charge in [0.2, 0.25) is 11.8 Å². The van der Waals surface area contributed by atoms with Crippen LogP contribution in [0.1, 0.15) is 42.5 Å². The van der Waals surface area contributed by atoms with Gasteiger partial charge in [0.25, 0.3) is 5.56 Å². The van der Waals surface area contributed by atoms with Crippen molar-refractivity contribution in [1.29, 1.82) is 0 Å². The SMILES string of the molecule is COC(=O)N(CC(=O)Nc1ccc(S(=O)(=O)C2CC2)c(CN(C)C(=O)CNc2ccc3cc[nH]c(=O)c3c2)c1)[C@H](C)c1ccccc1C. The van der Waals surface area contributed by atoms with Crippen molar-refractivity contribution in [3.63, 3.8) is 0 Å². The number of sulfone groups is 1. The third-order valence-corrected chi connectivity index (χ3v) is 10.9. The zero-order chi connectivity index (χ0) is 34.6. The molecular weight excluding hydrogens is 634 g/mol. The number of benzene rings is 3. The molecule has 0 bridgehead atoms. The van der Waals surface area contributed by atoms with E-state index in [1.165, 1.54) is 29.0 Å². The average molecular weight is 674 g/mol. The summed E-state index contributed by atoms with van der Waals surface area (Å²) in [7, 11) is -0.827. The smallest absolute Gasteiger partial charge is 0.410 e. The van der Waals surface area contributed by atoms with Crippen molar-refractivity contribution in [3.05, 3.63) is 100.0 Å². The van der Waals surface area contributed by atoms with Gasteiger partial charge in [-0.15, -0.1) is 0 Å². The first-order valence-corrected chi connectivity index (χ1v) is 17.1. The van der Waals surface area contributed by atoms with Crippen molar-refractivity contribution in [2.75, 3.05) is 37.9 Å². The Hall–Kier alpha value is -5.17. The summed E-state index contributed by atoms with van der Waals surface area (Å²) in [6, 6.07) is 18.6. The van der Waals surface area contributed by atoms with Crippen molar-refractivity contribution < 1.29 is 27.5 Å². The number of nitrogens with one attached hydrogen (secondary N) is 3. The highest BCUT2D eigenvalue weighted by Gasteiger charge is 2.38. The molecule has 0 spiro atoms. The van der Waals surface area contributed by atoms with E-state index in [9.17, 15) is 27.6 Å². The number of amides is 3. The largest absolute Gasteiger partial charge is 0.453 e. The van der Waals surface area contributed by atoms with Crippen LogP contribution in [-0.4, -0.2) is 73.6 Å². The van der Waals surface area contributed by atoms with E-state index >= 15 is 0 Å². The van der Waals surface area contributed by atoms with Crippen LogP contribution in [0.5, 0.6) is 0 Å². The van der Waals surface area contributed by atoms with E-state index in [0.29, 0.717) is 35.2 Å². The molecule has 0 unspecified atom stereocenters. The minimum atomic E-state index is -3.64. The molecule has 3 N–H and O–H groups in total. The maximum atomic E-state index is 13.3. The predicted molar refractivity (Wildman–Crippen MR) is 184 cm³/mol. The number of anilines is 2. The Morgan fingerprint density at radius 1 is 1.02 bits per heavy atom. The Morgan fingerprint density at radius 3 is 2.46 bits per heavy atom. The number of hydrogen-bond donors (Lipinski definition) is 3. The molecule has 12 nitrogen and oxygen atoms in total. The minimum absolute atomic E-state index is 0.0402. The highest BCUT2D eigenvalue weighted by Crippen LogP contribution is 2.36. The van der Waals surface area contributed by atoms with Crippen LogP contribution >= 0.6 is 0 Å². The molecule has 13 heteroatoms. The van der Waals surface area contributed by atoms with Gasteiger partial charge in [0.1, 0.15) is 6.54 Å². The van der Waals surface area contributed by atoms with E-state index < -0.39 is 33.1 Å². The van der Waals surface area contributed by atoms with E-state index in [-0.39, 0.29) is 36.0 Å². The van der Waals surface area contributed by atoms with Crippen LogP contribution in [0, 0.1) is 6.92 Å². The van der Waals surface area contributed by atoms with Crippen LogP contribution in [0.3, 0.4) is 0 Å². The quantitative estimate of drug-likeness (QED) is 0.197. The van der Waals surface area contributed by atoms with Gasteiger partial charge in [-0.1, -0.05) is 30.3 Å². The lowest BCUT2D eigenvalue weighted by atomic mass is 10.0. The number of H-pyrrole nitrogens is 1. The molecule has 3 amide bonds. The van der Waals surface area contributed by atoms with Crippen molar-refractivity contribution in [3.8, 4) is 0 Å². The number of nitrogens with zero attached hydrogens (tertiary/aromatic N) is 2. The number of aromatic nitrogens is 1. The number of hydrogen-bond acceptors (Lipinski definition) is 8. The molecule has 1 saturated carbocycles. The first-order chi connectivity index (χ1) is 22.9. The van der Waals surface area contributed by atoms with Crippen molar-refractivity contribution in [2.45, 2.75) is 49.4 Å². The summed E-state index contributed by atoms with van der Waals surface area (Å²) in [6.45, 7) is 3.27. The fourth-order valence-electron chi connectivity index (χ4n) is 5.62. The van der Waals surface area contributed by atoms with Crippen molar-refractivity contribution in [1.82, 2.24) is 14.8 Å². The summed E-state index contributed by atoms with van der Waals surface area (Å²) in [5, 5.41) is 6.58. The molecule has 252 valence electrons. The van der Waals surface area contributed by atoms with Crippen LogP contribution in [-0.2, 0) is 30.7 Å². The normalized spacial score (nSPS) is 13.4. The van der Waals surface area contributed by atoms with Gasteiger partial charge >= 0.3 is 6.09 Å². The molecule has 5 rings (SSSR count). The van der Waals surface area contributed by atoms with Crippen LogP contribution in [0.4, 0.5) is 16.2 Å². The maximum Gasteiger partial charge on any atom is 0.410 e. The number of methoxy groups -OCH3 is 1. The number of fused-ring (bicyclic) bond motifs is 1. The fraction of sp³-hybridized carbons (Fsp3) is 0.314. The molecule has 1 heterocycles. The van der Waals surface area contributed by atoms with Gasteiger partial charge in [-0.3, -0.25) is 19.3 Å². The average Bonchev–Trinajstić information content (AvgIpc) is 3.93. The Labute approximate surface area is 279 Å². The predicted octanol–water partition coefficient (Wildman–Crippen LogP) is 4.61. The maximum absolute atomic E-state index is 13.3. The molecule has 1 aliphatic carbocycles. The summed E-state index contributed by atoms with van der Waals surface area (Å²) in [4.78, 5) is 56.8. The minimum Gasteiger partial charge on any atom is -0.453 e. The molecule has 1 aromatic heterocycles. The first kappa shape index (κ1) is 34.2. The third kappa shape index (κ3) is 7.68. The van der Waals surface area contributed by atoms with Crippen LogP contribution in [0.2, 0.25) is 0 Å². The number of aryl methyl sites for hydroxylation is 1. The molecular formula is C35H39N5O7S. The zero-order valence-electron chi connectivity index (χ0n) is 27.3. The molecule has 1 atom stereocenters. The number of carbonyl (C=O) groups is 3. The second kappa shape index (κ2) is 14.3. The van der Waals surface area contributed by atoms with E-state index in [0.717, 1.165) is 16.5 Å². The van der Waals surface area contributed by atoms with E-state index in [1.807, 2.05) is 38.1 Å². The Morgan fingerprint density at radius 2 is 1.75 bits per heavy atom. The van der Waals surface area contributed by atoms with Crippen LogP contribution in [0.25, 0.3) is 10.8 Å². The number of ether oxygens (including phenoxy) is 1. The molecule has 1 fully saturated rings. The molecule has 48 heavy (non-hydrogen) atoms. The highest BCUT2D eigenvalue weighted by molar-refractivity contribution is 7.92. The standard InChI is InChI=1S/C35H39N5O7S/c1-22-7-5-6-8-29(22)23(2)40(35(44)47-4)21-32(41)38-27-11-14-31(48(45,46)28-12-13-28)25(17-27)20-39(3)33(42)19-37-26-10-9-24-15-16-36-34(43)30(24)18-26/h5-11,14-18,23,28,37H,12-13,19-21H2,1-4H3,(H,36,43)(H,38,41)/t23-/m1/s1. The van der Waals surface area contributed by atoms with Gasteiger partial charge in [0, 0.05) is 36.6 Å². The number of aromatic amines is 1. The van der Waals surface area contributed by atoms with Crippen molar-refractivity contribution >= 4 is 49.9 Å². The Balaban J connectivity index is 1.32. The second-order valence-corrected chi connectivity index (χ2v) is 14.2. The lowest BCUT2D eigenvalue weighted by Crippen LogP contribution is -2.40. The van der Waals surface area contributed by atoms with Crippen molar-refractivity contribution in [2.24, 2.45) is 0 Å². The lowest BCUT2D eigenvalue weighted by molar-refractivity contribution is -0.128. The first-order valence-electron chi connectivity index (χ1n) is 15.5. The van der Waals surface area contributed by atoms with Gasteiger partial charge in [-0.25, -0.2) is 13.2 Å². The summed E-state index contributed by atoms with van der Waals surface area (Å²) in [5.41, 5.74) is 2.83. The van der Waals surface area contributed by atoms with Crippen LogP contribution in [0.15, 0.2) is 82.6 Å². The third-order valence-electron chi connectivity index (χ3n) is 8.50. The monoisotopic (exact) mass is 673 g/mol. The number of pyridine rings is 1. The molecule has 0 aliphatic heterocycles. The topological polar surface area (TPSA) is 158 Å². The summed E-state index contributed by atoms with van der Waals surface area (Å²) < 4.78 is 31.7. The molecule has 4 aromatic rings. The Bertz CT molecular complexity index is 2020. The van der Waals surface area contributed by atoms with Gasteiger partial charge in [-0.05, 0) is 85.2 Å². The molecule has 0 saturated heterocycles. The summed E-state index contributed by atoms with van der Waals surface area (Å²) >= 11 is 0. The molecule has 3 aromatic carbocycles. The van der Waals surface area contributed by atoms with Gasteiger partial charge in [0.05, 0.1) is 29.8 Å². The van der Waals surface area contributed by atoms with E-state index in [2.05, 4.69) is 15.6 Å². The number of rotatable bonds is 12. The van der Waals surface area contributed by atoms with Gasteiger partial charge in [0.15, 0.2) is 9.84 Å². The fourth-order valence-corrected chi connectivity index (χ4v) is 7.48. The summed E-state index contributed by atoms with van der Waals surface area (Å²) in [6.07, 6.45) is 2.03. The lowest BCUT2D eigenvalue weighted by Gasteiger charge is -2.28. The van der Waals surface area contributed by atoms with Gasteiger partial charge in [-0.2, -0.15) is 0 Å². The molecule has 0 radical (unpaired) electrons. The van der Waals surface area contributed by atoms with Crippen LogP contribution < -0.4 is 16.2 Å². The highest BCUT2D eigenvalue weighted by atomic mass is 32.2. The number of likely N-dealkylation sites (N-methyl/N-ethyl adjacent to an activating group) is 1. The Kier molecular flexibility index (Phi) is 10.2. The summed E-state index contributed by atoms with van der Waals surface area (Å²) in [5.74, 6) is -0.826. The van der Waals surface area contributed by atoms with E-state index in [1.54, 1.807) is 43.6 Å². The zero-order valence-corrected chi connectivity index (χ0v) is 28.1. The number of carbonyl (C=O) groups excluding carboxylic acids is 3.